The molecule has 0 radical (unpaired) electrons. The Morgan fingerprint density at radius 1 is 1.30 bits per heavy atom. The largest absolute Gasteiger partial charge is 0.474 e. The molecule has 1 aliphatic heterocycles. The molecule has 0 bridgehead atoms. The molecule has 1 N–H and O–H groups in total. The first kappa shape index (κ1) is 20.6. The number of carbonyl (C=O) groups is 1. The van der Waals surface area contributed by atoms with Crippen LogP contribution in [-0.4, -0.2) is 45.7 Å². The van der Waals surface area contributed by atoms with Gasteiger partial charge in [0.15, 0.2) is 0 Å². The first-order chi connectivity index (χ1) is 14.3. The first-order valence-electron chi connectivity index (χ1n) is 10.7. The molecule has 7 nitrogen and oxygen atoms in total. The second-order valence-electron chi connectivity index (χ2n) is 9.09. The number of fused-ring (bicyclic) bond motifs is 1. The topological polar surface area (TPSA) is 79.7 Å². The molecule has 0 aromatic carbocycles. The number of nitrogens with zero attached hydrogens (tertiary/aromatic N) is 4. The van der Waals surface area contributed by atoms with E-state index < -0.39 is 0 Å². The minimum absolute atomic E-state index is 0.00493. The van der Waals surface area contributed by atoms with Crippen LogP contribution in [0.3, 0.4) is 0 Å². The molecule has 30 heavy (non-hydrogen) atoms. The molecule has 1 amide bonds. The van der Waals surface area contributed by atoms with Crippen molar-refractivity contribution in [1.82, 2.24) is 20.2 Å². The maximum absolute atomic E-state index is 13.5. The van der Waals surface area contributed by atoms with Crippen LogP contribution in [0, 0.1) is 0 Å². The highest BCUT2D eigenvalue weighted by atomic mass is 16.5. The maximum Gasteiger partial charge on any atom is 0.254 e. The van der Waals surface area contributed by atoms with Crippen molar-refractivity contribution in [3.05, 3.63) is 40.1 Å². The molecule has 4 rings (SSSR count). The van der Waals surface area contributed by atoms with Gasteiger partial charge < -0.3 is 15.0 Å². The summed E-state index contributed by atoms with van der Waals surface area (Å²) in [6.45, 7) is 12.9. The van der Waals surface area contributed by atoms with Gasteiger partial charge in [-0.25, -0.2) is 15.0 Å². The Labute approximate surface area is 178 Å². The van der Waals surface area contributed by atoms with E-state index in [9.17, 15) is 4.79 Å². The van der Waals surface area contributed by atoms with Crippen LogP contribution < -0.4 is 10.1 Å². The van der Waals surface area contributed by atoms with Crippen LogP contribution in [0.4, 0.5) is 0 Å². The molecular weight excluding hydrogens is 378 g/mol. The van der Waals surface area contributed by atoms with Gasteiger partial charge in [-0.15, -0.1) is 0 Å². The van der Waals surface area contributed by atoms with Gasteiger partial charge in [0.2, 0.25) is 5.88 Å². The Hall–Kier alpha value is -2.70. The lowest BCUT2D eigenvalue weighted by Gasteiger charge is -2.30. The molecule has 2 fully saturated rings. The van der Waals surface area contributed by atoms with Crippen molar-refractivity contribution in [2.75, 3.05) is 6.54 Å². The molecule has 1 aromatic rings. The van der Waals surface area contributed by atoms with Gasteiger partial charge in [0, 0.05) is 28.8 Å². The molecule has 0 spiro atoms. The average molecular weight is 410 g/mol. The molecule has 1 aromatic heterocycles. The van der Waals surface area contributed by atoms with Gasteiger partial charge in [0.1, 0.15) is 18.3 Å². The van der Waals surface area contributed by atoms with Crippen LogP contribution in [0.5, 0.6) is 5.88 Å². The van der Waals surface area contributed by atoms with Gasteiger partial charge in [0.05, 0.1) is 12.2 Å². The molecule has 2 heterocycles. The summed E-state index contributed by atoms with van der Waals surface area (Å²) in [5, 5.41) is 3.47. The van der Waals surface area contributed by atoms with E-state index in [2.05, 4.69) is 33.9 Å². The van der Waals surface area contributed by atoms with Crippen LogP contribution in [0.2, 0.25) is 0 Å². The van der Waals surface area contributed by atoms with Crippen molar-refractivity contribution in [2.24, 2.45) is 4.99 Å². The lowest BCUT2D eigenvalue weighted by molar-refractivity contribution is -0.127. The normalized spacial score (nSPS) is 19.9. The number of nitrogens with one attached hydrogen (secondary N) is 1. The standard InChI is InChI=1S/C23H31N5O2/c1-14(2)19(15(3)20(24-5)27-23(4)9-10-23)22(29)28-11-8-17-18(12-28)25-13-26-21(17)30-16-6-7-16/h13,16,27H,5-12H2,1-4H3/b20-15-. The van der Waals surface area contributed by atoms with Gasteiger partial charge in [0.25, 0.3) is 5.91 Å². The molecule has 7 heteroatoms. The summed E-state index contributed by atoms with van der Waals surface area (Å²) in [5.74, 6) is 1.39. The summed E-state index contributed by atoms with van der Waals surface area (Å²) in [5.41, 5.74) is 4.48. The number of rotatable bonds is 7. The zero-order chi connectivity index (χ0) is 21.5. The van der Waals surface area contributed by atoms with E-state index in [0.717, 1.165) is 48.1 Å². The zero-order valence-corrected chi connectivity index (χ0v) is 18.4. The fraction of sp³-hybridized carbons (Fsp3) is 0.565. The predicted octanol–water partition coefficient (Wildman–Crippen LogP) is 3.31. The van der Waals surface area contributed by atoms with Crippen LogP contribution in [-0.2, 0) is 17.8 Å². The lowest BCUT2D eigenvalue weighted by Crippen LogP contribution is -2.38. The Morgan fingerprint density at radius 2 is 2.03 bits per heavy atom. The quantitative estimate of drug-likeness (QED) is 0.425. The monoisotopic (exact) mass is 409 g/mol. The van der Waals surface area contributed by atoms with Crippen molar-refractivity contribution in [3.8, 4) is 5.88 Å². The van der Waals surface area contributed by atoms with Crippen LogP contribution in [0.25, 0.3) is 0 Å². The minimum Gasteiger partial charge on any atom is -0.474 e. The molecular formula is C23H31N5O2. The number of amides is 1. The van der Waals surface area contributed by atoms with E-state index in [4.69, 9.17) is 4.74 Å². The number of aliphatic imine (C=N–C) groups is 1. The minimum atomic E-state index is 0.00493. The van der Waals surface area contributed by atoms with E-state index in [0.29, 0.717) is 42.9 Å². The summed E-state index contributed by atoms with van der Waals surface area (Å²) in [4.78, 5) is 28.4. The number of hydrogen-bond donors (Lipinski definition) is 1. The second-order valence-corrected chi connectivity index (χ2v) is 9.09. The third-order valence-corrected chi connectivity index (χ3v) is 6.08. The Morgan fingerprint density at radius 3 is 2.63 bits per heavy atom. The van der Waals surface area contributed by atoms with Crippen molar-refractivity contribution >= 4 is 12.6 Å². The van der Waals surface area contributed by atoms with Crippen molar-refractivity contribution in [1.29, 1.82) is 0 Å². The molecule has 0 saturated heterocycles. The van der Waals surface area contributed by atoms with Crippen molar-refractivity contribution < 1.29 is 9.53 Å². The van der Waals surface area contributed by atoms with Crippen LogP contribution >= 0.6 is 0 Å². The van der Waals surface area contributed by atoms with Crippen molar-refractivity contribution in [2.45, 2.75) is 78.0 Å². The van der Waals surface area contributed by atoms with E-state index in [1.54, 1.807) is 0 Å². The fourth-order valence-electron chi connectivity index (χ4n) is 3.82. The fourth-order valence-corrected chi connectivity index (χ4v) is 3.82. The molecule has 0 unspecified atom stereocenters. The predicted molar refractivity (Wildman–Crippen MR) is 116 cm³/mol. The van der Waals surface area contributed by atoms with E-state index in [1.165, 1.54) is 6.33 Å². The summed E-state index contributed by atoms with van der Waals surface area (Å²) in [6.07, 6.45) is 6.91. The Bertz CT molecular complexity index is 937. The van der Waals surface area contributed by atoms with E-state index >= 15 is 0 Å². The highest BCUT2D eigenvalue weighted by molar-refractivity contribution is 5.98. The lowest BCUT2D eigenvalue weighted by atomic mass is 9.98. The summed E-state index contributed by atoms with van der Waals surface area (Å²) in [7, 11) is 0. The number of carbonyl (C=O) groups excluding carboxylic acids is 1. The summed E-state index contributed by atoms with van der Waals surface area (Å²) in [6, 6.07) is 0. The van der Waals surface area contributed by atoms with Crippen molar-refractivity contribution in [3.63, 3.8) is 0 Å². The number of allylic oxidation sites excluding steroid dienone is 1. The van der Waals surface area contributed by atoms with Gasteiger partial charge in [-0.05, 0) is 66.5 Å². The molecule has 160 valence electrons. The number of aromatic nitrogens is 2. The van der Waals surface area contributed by atoms with Gasteiger partial charge in [-0.2, -0.15) is 0 Å². The second kappa shape index (κ2) is 7.85. The first-order valence-corrected chi connectivity index (χ1v) is 10.7. The van der Waals surface area contributed by atoms with Crippen LogP contribution in [0.15, 0.2) is 33.9 Å². The molecule has 2 aliphatic carbocycles. The average Bonchev–Trinajstić information content (AvgIpc) is 3.65. The zero-order valence-electron chi connectivity index (χ0n) is 18.4. The van der Waals surface area contributed by atoms with E-state index in [-0.39, 0.29) is 11.4 Å². The SMILES string of the molecule is C=N/C(NC1(C)CC1)=C(\C)C(C(=O)N1CCc2c(ncnc2OC2CC2)C1)=C(C)C. The highest BCUT2D eigenvalue weighted by Crippen LogP contribution is 2.37. The Balaban J connectivity index is 1.56. The molecule has 2 saturated carbocycles. The summed E-state index contributed by atoms with van der Waals surface area (Å²) < 4.78 is 5.94. The number of hydrogen-bond acceptors (Lipinski definition) is 6. The highest BCUT2D eigenvalue weighted by Gasteiger charge is 2.38. The molecule has 0 atom stereocenters. The molecule has 3 aliphatic rings. The van der Waals surface area contributed by atoms with Crippen LogP contribution in [0.1, 0.15) is 64.6 Å². The van der Waals surface area contributed by atoms with Gasteiger partial charge in [-0.1, -0.05) is 5.57 Å². The van der Waals surface area contributed by atoms with Gasteiger partial charge in [-0.3, -0.25) is 4.79 Å². The number of ether oxygens (including phenoxy) is 1. The van der Waals surface area contributed by atoms with Gasteiger partial charge >= 0.3 is 0 Å². The smallest absolute Gasteiger partial charge is 0.254 e. The third kappa shape index (κ3) is 4.25. The maximum atomic E-state index is 13.5. The Kier molecular flexibility index (Phi) is 5.38. The van der Waals surface area contributed by atoms with E-state index in [1.807, 2.05) is 25.7 Å². The third-order valence-electron chi connectivity index (χ3n) is 6.08. The summed E-state index contributed by atoms with van der Waals surface area (Å²) >= 11 is 0.